The van der Waals surface area contributed by atoms with Gasteiger partial charge in [0.1, 0.15) is 5.69 Å². The van der Waals surface area contributed by atoms with Crippen molar-refractivity contribution < 1.29 is 14.3 Å². The van der Waals surface area contributed by atoms with Crippen LogP contribution < -0.4 is 10.6 Å². The Morgan fingerprint density at radius 1 is 1.50 bits per heavy atom. The Morgan fingerprint density at radius 2 is 2.27 bits per heavy atom. The van der Waals surface area contributed by atoms with Crippen LogP contribution in [0.3, 0.4) is 0 Å². The highest BCUT2D eigenvalue weighted by atomic mass is 19.1. The number of carbonyl (C=O) groups excluding carboxylic acids is 1. The fraction of sp³-hybridized carbons (Fsp3) is 0.333. The molecule has 2 amide bonds. The zero-order valence-corrected chi connectivity index (χ0v) is 12.5. The number of aliphatic hydroxyl groups is 1. The van der Waals surface area contributed by atoms with E-state index in [0.29, 0.717) is 17.8 Å². The van der Waals surface area contributed by atoms with Gasteiger partial charge >= 0.3 is 6.03 Å². The molecule has 1 heterocycles. The highest BCUT2D eigenvalue weighted by Gasteiger charge is 2.10. The van der Waals surface area contributed by atoms with Crippen molar-refractivity contribution in [3.05, 3.63) is 42.0 Å². The quantitative estimate of drug-likeness (QED) is 0.792. The molecule has 0 unspecified atom stereocenters. The maximum absolute atomic E-state index is 14.1. The van der Waals surface area contributed by atoms with E-state index in [1.165, 1.54) is 10.7 Å². The molecule has 0 saturated carbocycles. The van der Waals surface area contributed by atoms with E-state index in [2.05, 4.69) is 15.7 Å². The number of rotatable bonds is 5. The molecule has 0 bridgehead atoms. The number of aliphatic hydroxyl groups excluding tert-OH is 1. The van der Waals surface area contributed by atoms with Gasteiger partial charge in [0.05, 0.1) is 6.20 Å². The topological polar surface area (TPSA) is 79.2 Å². The molecule has 0 aliphatic heterocycles. The Hall–Kier alpha value is -2.41. The van der Waals surface area contributed by atoms with E-state index in [4.69, 9.17) is 5.11 Å². The number of hydrogen-bond donors (Lipinski definition) is 3. The molecule has 3 N–H and O–H groups in total. The molecule has 0 fully saturated rings. The molecule has 1 atom stereocenters. The Kier molecular flexibility index (Phi) is 5.11. The summed E-state index contributed by atoms with van der Waals surface area (Å²) < 4.78 is 15.6. The van der Waals surface area contributed by atoms with Gasteiger partial charge in [-0.2, -0.15) is 5.10 Å². The van der Waals surface area contributed by atoms with Crippen molar-refractivity contribution in [3.8, 4) is 5.69 Å². The molecule has 6 nitrogen and oxygen atoms in total. The Bertz CT molecular complexity index is 657. The van der Waals surface area contributed by atoms with Crippen LogP contribution in [0.2, 0.25) is 0 Å². The molecule has 0 aliphatic rings. The van der Waals surface area contributed by atoms with Gasteiger partial charge in [-0.3, -0.25) is 0 Å². The third-order valence-corrected chi connectivity index (χ3v) is 3.10. The number of carbonyl (C=O) groups is 1. The maximum Gasteiger partial charge on any atom is 0.319 e. The highest BCUT2D eigenvalue weighted by molar-refractivity contribution is 5.89. The van der Waals surface area contributed by atoms with E-state index in [-0.39, 0.29) is 12.6 Å². The van der Waals surface area contributed by atoms with Crippen LogP contribution in [-0.2, 0) is 0 Å². The van der Waals surface area contributed by atoms with E-state index >= 15 is 0 Å². The van der Waals surface area contributed by atoms with Crippen molar-refractivity contribution in [2.45, 2.75) is 26.3 Å². The summed E-state index contributed by atoms with van der Waals surface area (Å²) in [6.45, 7) is 3.64. The predicted octanol–water partition coefficient (Wildman–Crippen LogP) is 2.21. The van der Waals surface area contributed by atoms with E-state index < -0.39 is 11.8 Å². The van der Waals surface area contributed by atoms with E-state index in [9.17, 15) is 9.18 Å². The molecule has 2 aromatic rings. The van der Waals surface area contributed by atoms with Crippen LogP contribution in [-0.4, -0.2) is 33.6 Å². The second kappa shape index (κ2) is 7.04. The van der Waals surface area contributed by atoms with Crippen LogP contribution in [0.15, 0.2) is 30.6 Å². The monoisotopic (exact) mass is 306 g/mol. The number of aromatic nitrogens is 2. The first-order chi connectivity index (χ1) is 10.5. The molecule has 7 heteroatoms. The van der Waals surface area contributed by atoms with Crippen LogP contribution in [0.4, 0.5) is 14.9 Å². The number of anilines is 1. The van der Waals surface area contributed by atoms with Gasteiger partial charge in [0, 0.05) is 24.5 Å². The summed E-state index contributed by atoms with van der Waals surface area (Å²) in [7, 11) is 0. The van der Waals surface area contributed by atoms with Crippen molar-refractivity contribution in [1.82, 2.24) is 15.1 Å². The molecular weight excluding hydrogens is 287 g/mol. The molecule has 1 aromatic carbocycles. The minimum Gasteiger partial charge on any atom is -0.396 e. The van der Waals surface area contributed by atoms with Crippen molar-refractivity contribution in [1.29, 1.82) is 0 Å². The summed E-state index contributed by atoms with van der Waals surface area (Å²) in [4.78, 5) is 11.7. The smallest absolute Gasteiger partial charge is 0.319 e. The number of halogens is 1. The standard InChI is InChI=1S/C15H19FN4O2/c1-10-8-17-20(9-10)14-4-3-12(7-13(14)16)19-15(22)18-11(2)5-6-21/h3-4,7-9,11,21H,5-6H2,1-2H3,(H2,18,19,22)/t11-/m1/s1. The zero-order chi connectivity index (χ0) is 16.1. The minimum absolute atomic E-state index is 0.00589. The molecule has 118 valence electrons. The summed E-state index contributed by atoms with van der Waals surface area (Å²) in [6.07, 6.45) is 3.82. The summed E-state index contributed by atoms with van der Waals surface area (Å²) in [5.41, 5.74) is 1.59. The Morgan fingerprint density at radius 3 is 2.86 bits per heavy atom. The van der Waals surface area contributed by atoms with Gasteiger partial charge in [-0.25, -0.2) is 13.9 Å². The van der Waals surface area contributed by atoms with Crippen LogP contribution in [0.25, 0.3) is 5.69 Å². The largest absolute Gasteiger partial charge is 0.396 e. The van der Waals surface area contributed by atoms with E-state index in [0.717, 1.165) is 5.56 Å². The van der Waals surface area contributed by atoms with Crippen LogP contribution >= 0.6 is 0 Å². The Balaban J connectivity index is 2.05. The van der Waals surface area contributed by atoms with Gasteiger partial charge < -0.3 is 15.7 Å². The lowest BCUT2D eigenvalue weighted by Gasteiger charge is -2.13. The van der Waals surface area contributed by atoms with Crippen molar-refractivity contribution in [2.24, 2.45) is 0 Å². The first kappa shape index (κ1) is 16.0. The zero-order valence-electron chi connectivity index (χ0n) is 12.5. The third-order valence-electron chi connectivity index (χ3n) is 3.10. The number of nitrogens with one attached hydrogen (secondary N) is 2. The summed E-state index contributed by atoms with van der Waals surface area (Å²) >= 11 is 0. The predicted molar refractivity (Wildman–Crippen MR) is 81.6 cm³/mol. The van der Waals surface area contributed by atoms with Crippen LogP contribution in [0, 0.1) is 12.7 Å². The minimum atomic E-state index is -0.482. The summed E-state index contributed by atoms with van der Waals surface area (Å²) in [6, 6.07) is 3.78. The number of hydrogen-bond acceptors (Lipinski definition) is 3. The second-order valence-corrected chi connectivity index (χ2v) is 5.14. The number of urea groups is 1. The number of benzene rings is 1. The summed E-state index contributed by atoms with van der Waals surface area (Å²) in [5.74, 6) is -0.482. The molecule has 2 rings (SSSR count). The van der Waals surface area contributed by atoms with Gasteiger partial charge in [0.2, 0.25) is 0 Å². The molecule has 22 heavy (non-hydrogen) atoms. The van der Waals surface area contributed by atoms with Crippen molar-refractivity contribution >= 4 is 11.7 Å². The van der Waals surface area contributed by atoms with Crippen molar-refractivity contribution in [2.75, 3.05) is 11.9 Å². The Labute approximate surface area is 128 Å². The van der Waals surface area contributed by atoms with Gasteiger partial charge in [0.25, 0.3) is 0 Å². The van der Waals surface area contributed by atoms with Gasteiger partial charge in [-0.05, 0) is 44.0 Å². The fourth-order valence-electron chi connectivity index (χ4n) is 1.97. The third kappa shape index (κ3) is 4.05. The lowest BCUT2D eigenvalue weighted by molar-refractivity contribution is 0.241. The maximum atomic E-state index is 14.1. The van der Waals surface area contributed by atoms with E-state index in [1.807, 2.05) is 6.92 Å². The highest BCUT2D eigenvalue weighted by Crippen LogP contribution is 2.18. The fourth-order valence-corrected chi connectivity index (χ4v) is 1.97. The molecule has 0 saturated heterocycles. The molecular formula is C15H19FN4O2. The number of amides is 2. The molecule has 1 aromatic heterocycles. The van der Waals surface area contributed by atoms with Gasteiger partial charge in [-0.15, -0.1) is 0 Å². The lowest BCUT2D eigenvalue weighted by Crippen LogP contribution is -2.36. The number of aryl methyl sites for hydroxylation is 1. The number of nitrogens with zero attached hydrogens (tertiary/aromatic N) is 2. The second-order valence-electron chi connectivity index (χ2n) is 5.14. The van der Waals surface area contributed by atoms with Gasteiger partial charge in [0.15, 0.2) is 5.82 Å². The first-order valence-corrected chi connectivity index (χ1v) is 6.99. The SMILES string of the molecule is Cc1cnn(-c2ccc(NC(=O)N[C@H](C)CCO)cc2F)c1. The van der Waals surface area contributed by atoms with Crippen LogP contribution in [0.1, 0.15) is 18.9 Å². The lowest BCUT2D eigenvalue weighted by atomic mass is 10.2. The molecule has 0 aliphatic carbocycles. The average molecular weight is 306 g/mol. The average Bonchev–Trinajstić information content (AvgIpc) is 2.85. The van der Waals surface area contributed by atoms with E-state index in [1.54, 1.807) is 31.5 Å². The van der Waals surface area contributed by atoms with Crippen LogP contribution in [0.5, 0.6) is 0 Å². The van der Waals surface area contributed by atoms with Crippen molar-refractivity contribution in [3.63, 3.8) is 0 Å². The first-order valence-electron chi connectivity index (χ1n) is 6.99. The normalized spacial score (nSPS) is 12.0. The van der Waals surface area contributed by atoms with Gasteiger partial charge in [-0.1, -0.05) is 0 Å². The summed E-state index contributed by atoms with van der Waals surface area (Å²) in [5, 5.41) is 18.0. The molecule has 0 spiro atoms. The molecule has 0 radical (unpaired) electrons.